The van der Waals surface area contributed by atoms with Gasteiger partial charge >= 0.3 is 0 Å². The number of aryl methyl sites for hydroxylation is 1. The Morgan fingerprint density at radius 2 is 2.29 bits per heavy atom. The Balaban J connectivity index is 2.16. The van der Waals surface area contributed by atoms with Crippen molar-refractivity contribution in [2.75, 3.05) is 0 Å². The van der Waals surface area contributed by atoms with Gasteiger partial charge in [-0.05, 0) is 19.3 Å². The minimum Gasteiger partial charge on any atom is -0.387 e. The van der Waals surface area contributed by atoms with Crippen LogP contribution in [0.4, 0.5) is 0 Å². The molecule has 0 saturated heterocycles. The molecule has 0 spiro atoms. The molecule has 0 saturated carbocycles. The van der Waals surface area contributed by atoms with E-state index in [2.05, 4.69) is 14.8 Å². The zero-order chi connectivity index (χ0) is 12.3. The molecule has 2 rings (SSSR count). The largest absolute Gasteiger partial charge is 0.387 e. The smallest absolute Gasteiger partial charge is 0.191 e. The van der Waals surface area contributed by atoms with E-state index in [-0.39, 0.29) is 11.1 Å². The van der Waals surface area contributed by atoms with Crippen molar-refractivity contribution in [2.45, 2.75) is 56.0 Å². The molecule has 5 nitrogen and oxygen atoms in total. The average molecular weight is 253 g/mol. The number of thioether (sulfide) groups is 1. The molecule has 1 unspecified atom stereocenters. The van der Waals surface area contributed by atoms with Gasteiger partial charge < -0.3 is 10.3 Å². The van der Waals surface area contributed by atoms with Gasteiger partial charge in [-0.1, -0.05) is 25.1 Å². The summed E-state index contributed by atoms with van der Waals surface area (Å²) >= 11 is 1.57. The lowest BCUT2D eigenvalue weighted by molar-refractivity contribution is 0.590. The molecule has 1 aliphatic heterocycles. The molecule has 94 valence electrons. The van der Waals surface area contributed by atoms with Crippen molar-refractivity contribution < 1.29 is 0 Å². The van der Waals surface area contributed by atoms with Gasteiger partial charge in [-0.2, -0.15) is 0 Å². The van der Waals surface area contributed by atoms with Crippen LogP contribution in [0.2, 0.25) is 0 Å². The minimum atomic E-state index is 0.0200. The molecule has 6 heteroatoms. The van der Waals surface area contributed by atoms with Crippen LogP contribution in [0.5, 0.6) is 0 Å². The van der Waals surface area contributed by atoms with Gasteiger partial charge in [-0.25, -0.2) is 0 Å². The summed E-state index contributed by atoms with van der Waals surface area (Å²) in [6.07, 6.45) is 5.52. The number of amidine groups is 1. The van der Waals surface area contributed by atoms with E-state index >= 15 is 0 Å². The fourth-order valence-corrected chi connectivity index (χ4v) is 3.00. The Bertz CT molecular complexity index is 401. The lowest BCUT2D eigenvalue weighted by Crippen LogP contribution is -2.24. The van der Waals surface area contributed by atoms with Crippen LogP contribution >= 0.6 is 11.8 Å². The van der Waals surface area contributed by atoms with Crippen molar-refractivity contribution >= 4 is 17.6 Å². The highest BCUT2D eigenvalue weighted by atomic mass is 32.2. The summed E-state index contributed by atoms with van der Waals surface area (Å²) in [5, 5.41) is 17.0. The molecule has 0 bridgehead atoms. The number of hydrogen-bond acceptors (Lipinski definition) is 4. The first-order valence-electron chi connectivity index (χ1n) is 6.15. The normalized spacial score (nSPS) is 17.2. The molecule has 1 aromatic heterocycles. The molecule has 1 aliphatic rings. The van der Waals surface area contributed by atoms with E-state index in [1.54, 1.807) is 11.8 Å². The summed E-state index contributed by atoms with van der Waals surface area (Å²) in [5.74, 6) is 1.31. The molecule has 0 aromatic carbocycles. The molecule has 1 aromatic rings. The number of nitrogens with one attached hydrogen (secondary N) is 1. The maximum Gasteiger partial charge on any atom is 0.191 e. The number of aromatic nitrogens is 3. The zero-order valence-corrected chi connectivity index (χ0v) is 11.0. The van der Waals surface area contributed by atoms with Crippen LogP contribution in [0.3, 0.4) is 0 Å². The molecule has 0 amide bonds. The predicted octanol–water partition coefficient (Wildman–Crippen LogP) is 1.81. The van der Waals surface area contributed by atoms with E-state index in [1.165, 1.54) is 19.3 Å². The van der Waals surface area contributed by atoms with Crippen LogP contribution in [0.25, 0.3) is 0 Å². The van der Waals surface area contributed by atoms with Crippen LogP contribution in [0.15, 0.2) is 5.16 Å². The first-order chi connectivity index (χ1) is 8.22. The second-order valence-corrected chi connectivity index (χ2v) is 5.50. The number of nitrogens with two attached hydrogens (primary N) is 1. The third-order valence-corrected chi connectivity index (χ3v) is 4.43. The first-order valence-corrected chi connectivity index (χ1v) is 7.03. The fourth-order valence-electron chi connectivity index (χ4n) is 2.04. The Morgan fingerprint density at radius 3 is 3.00 bits per heavy atom. The van der Waals surface area contributed by atoms with Crippen molar-refractivity contribution in [3.8, 4) is 0 Å². The molecule has 1 atom stereocenters. The lowest BCUT2D eigenvalue weighted by atomic mass is 10.2. The van der Waals surface area contributed by atoms with E-state index in [4.69, 9.17) is 11.1 Å². The lowest BCUT2D eigenvalue weighted by Gasteiger charge is -2.13. The second-order valence-electron chi connectivity index (χ2n) is 4.33. The standard InChI is InChI=1S/C11H19N5S/c1-2-8(10(12)13)17-11-15-14-9-6-4-3-5-7-16(9)11/h8H,2-7H2,1H3,(H3,12,13). The van der Waals surface area contributed by atoms with Gasteiger partial charge in [0.05, 0.1) is 5.25 Å². The van der Waals surface area contributed by atoms with Crippen LogP contribution < -0.4 is 5.73 Å². The Morgan fingerprint density at radius 1 is 1.47 bits per heavy atom. The second kappa shape index (κ2) is 5.53. The predicted molar refractivity (Wildman–Crippen MR) is 69.4 cm³/mol. The maximum absolute atomic E-state index is 7.54. The molecule has 3 N–H and O–H groups in total. The Labute approximate surface area is 106 Å². The van der Waals surface area contributed by atoms with E-state index in [0.29, 0.717) is 0 Å². The van der Waals surface area contributed by atoms with Crippen LogP contribution in [-0.4, -0.2) is 25.9 Å². The zero-order valence-electron chi connectivity index (χ0n) is 10.1. The van der Waals surface area contributed by atoms with Gasteiger partial charge in [0, 0.05) is 13.0 Å². The van der Waals surface area contributed by atoms with Crippen LogP contribution in [0, 0.1) is 5.41 Å². The summed E-state index contributed by atoms with van der Waals surface area (Å²) in [4.78, 5) is 0. The van der Waals surface area contributed by atoms with Crippen LogP contribution in [0.1, 0.15) is 38.4 Å². The molecule has 0 aliphatic carbocycles. The fraction of sp³-hybridized carbons (Fsp3) is 0.727. The summed E-state index contributed by atoms with van der Waals surface area (Å²) < 4.78 is 2.20. The number of nitrogens with zero attached hydrogens (tertiary/aromatic N) is 3. The summed E-state index contributed by atoms with van der Waals surface area (Å²) in [5.41, 5.74) is 5.58. The number of rotatable bonds is 4. The Kier molecular flexibility index (Phi) is 4.04. The highest BCUT2D eigenvalue weighted by Crippen LogP contribution is 2.26. The highest BCUT2D eigenvalue weighted by molar-refractivity contribution is 8.00. The molecular weight excluding hydrogens is 234 g/mol. The van der Waals surface area contributed by atoms with Gasteiger partial charge in [0.1, 0.15) is 11.7 Å². The van der Waals surface area contributed by atoms with Gasteiger partial charge in [-0.15, -0.1) is 10.2 Å². The number of hydrogen-bond donors (Lipinski definition) is 2. The van der Waals surface area contributed by atoms with Gasteiger partial charge in [0.15, 0.2) is 5.16 Å². The molecule has 17 heavy (non-hydrogen) atoms. The highest BCUT2D eigenvalue weighted by Gasteiger charge is 2.19. The topological polar surface area (TPSA) is 80.6 Å². The molecule has 2 heterocycles. The molecule has 0 radical (unpaired) electrons. The maximum atomic E-state index is 7.54. The van der Waals surface area contributed by atoms with E-state index < -0.39 is 0 Å². The van der Waals surface area contributed by atoms with E-state index in [1.807, 2.05) is 6.92 Å². The summed E-state index contributed by atoms with van der Waals surface area (Å²) in [6.45, 7) is 3.04. The SMILES string of the molecule is CCC(Sc1nnc2n1CCCCC2)C(=N)N. The summed E-state index contributed by atoms with van der Waals surface area (Å²) in [6, 6.07) is 0. The summed E-state index contributed by atoms with van der Waals surface area (Å²) in [7, 11) is 0. The minimum absolute atomic E-state index is 0.0200. The van der Waals surface area contributed by atoms with E-state index in [0.717, 1.165) is 30.4 Å². The van der Waals surface area contributed by atoms with Crippen molar-refractivity contribution in [2.24, 2.45) is 5.73 Å². The van der Waals surface area contributed by atoms with Crippen LogP contribution in [-0.2, 0) is 13.0 Å². The Hall–Kier alpha value is -1.04. The van der Waals surface area contributed by atoms with E-state index in [9.17, 15) is 0 Å². The average Bonchev–Trinajstić information content (AvgIpc) is 2.54. The van der Waals surface area contributed by atoms with Gasteiger partial charge in [0.2, 0.25) is 0 Å². The monoisotopic (exact) mass is 253 g/mol. The molecule has 0 fully saturated rings. The molecular formula is C11H19N5S. The van der Waals surface area contributed by atoms with Gasteiger partial charge in [0.25, 0.3) is 0 Å². The van der Waals surface area contributed by atoms with Crippen molar-refractivity contribution in [3.63, 3.8) is 0 Å². The van der Waals surface area contributed by atoms with Crippen molar-refractivity contribution in [1.29, 1.82) is 5.41 Å². The third kappa shape index (κ3) is 2.80. The third-order valence-electron chi connectivity index (χ3n) is 3.04. The van der Waals surface area contributed by atoms with Crippen molar-refractivity contribution in [3.05, 3.63) is 5.82 Å². The quantitative estimate of drug-likeness (QED) is 0.487. The first kappa shape index (κ1) is 12.4. The van der Waals surface area contributed by atoms with Gasteiger partial charge in [-0.3, -0.25) is 5.41 Å². The van der Waals surface area contributed by atoms with Crippen molar-refractivity contribution in [1.82, 2.24) is 14.8 Å². The number of fused-ring (bicyclic) bond motifs is 1.